The van der Waals surface area contributed by atoms with E-state index in [4.69, 9.17) is 0 Å². The van der Waals surface area contributed by atoms with E-state index in [1.54, 1.807) is 13.0 Å². The van der Waals surface area contributed by atoms with E-state index in [2.05, 4.69) is 11.8 Å². The van der Waals surface area contributed by atoms with Gasteiger partial charge in [0.15, 0.2) is 0 Å². The molecule has 0 fully saturated rings. The molecule has 2 aromatic rings. The lowest BCUT2D eigenvalue weighted by Crippen LogP contribution is -1.83. The van der Waals surface area contributed by atoms with Crippen molar-refractivity contribution in [2.45, 2.75) is 6.92 Å². The second-order valence-corrected chi connectivity index (χ2v) is 3.58. The fourth-order valence-electron chi connectivity index (χ4n) is 1.34. The number of benzene rings is 2. The zero-order valence-electron chi connectivity index (χ0n) is 9.00. The predicted molar refractivity (Wildman–Crippen MR) is 63.6 cm³/mol. The Morgan fingerprint density at radius 3 is 2.25 bits per heavy atom. The van der Waals surface area contributed by atoms with Gasteiger partial charge in [0.05, 0.1) is 0 Å². The quantitative estimate of drug-likeness (QED) is 0.583. The van der Waals surface area contributed by atoms with Crippen LogP contribution in [0.4, 0.5) is 4.39 Å². The summed E-state index contributed by atoms with van der Waals surface area (Å²) in [6.07, 6.45) is 0. The standard InChI is InChI=1S/C15H11F/c1-12-7-8-14(11-15(12)16)10-9-13-5-3-2-4-6-13/h2-8,11H,1H3. The first-order chi connectivity index (χ1) is 7.75. The Kier molecular flexibility index (Phi) is 3.03. The number of hydrogen-bond acceptors (Lipinski definition) is 0. The summed E-state index contributed by atoms with van der Waals surface area (Å²) in [5.41, 5.74) is 2.28. The van der Waals surface area contributed by atoms with Crippen molar-refractivity contribution in [3.8, 4) is 11.8 Å². The average Bonchev–Trinajstić information content (AvgIpc) is 2.32. The van der Waals surface area contributed by atoms with Gasteiger partial charge in [0.1, 0.15) is 5.82 Å². The number of aryl methyl sites for hydroxylation is 1. The summed E-state index contributed by atoms with van der Waals surface area (Å²) < 4.78 is 13.2. The van der Waals surface area contributed by atoms with Gasteiger partial charge in [0, 0.05) is 11.1 Å². The van der Waals surface area contributed by atoms with E-state index in [1.165, 1.54) is 6.07 Å². The minimum Gasteiger partial charge on any atom is -0.207 e. The molecule has 0 saturated heterocycles. The molecule has 0 nitrogen and oxygen atoms in total. The zero-order valence-corrected chi connectivity index (χ0v) is 9.00. The third-order valence-electron chi connectivity index (χ3n) is 2.30. The van der Waals surface area contributed by atoms with Gasteiger partial charge >= 0.3 is 0 Å². The van der Waals surface area contributed by atoms with Crippen LogP contribution in [0.25, 0.3) is 0 Å². The first-order valence-corrected chi connectivity index (χ1v) is 5.09. The maximum atomic E-state index is 13.2. The van der Waals surface area contributed by atoms with E-state index in [-0.39, 0.29) is 5.82 Å². The summed E-state index contributed by atoms with van der Waals surface area (Å²) in [5, 5.41) is 0. The molecule has 2 aromatic carbocycles. The fourth-order valence-corrected chi connectivity index (χ4v) is 1.34. The van der Waals surface area contributed by atoms with E-state index in [0.717, 1.165) is 5.56 Å². The van der Waals surface area contributed by atoms with Gasteiger partial charge in [0.2, 0.25) is 0 Å². The van der Waals surface area contributed by atoms with Crippen LogP contribution in [0.5, 0.6) is 0 Å². The molecule has 0 aliphatic carbocycles. The summed E-state index contributed by atoms with van der Waals surface area (Å²) in [4.78, 5) is 0. The average molecular weight is 210 g/mol. The highest BCUT2D eigenvalue weighted by atomic mass is 19.1. The van der Waals surface area contributed by atoms with Crippen LogP contribution in [-0.2, 0) is 0 Å². The Morgan fingerprint density at radius 2 is 1.56 bits per heavy atom. The van der Waals surface area contributed by atoms with Crippen molar-refractivity contribution in [2.24, 2.45) is 0 Å². The smallest absolute Gasteiger partial charge is 0.127 e. The molecule has 0 atom stereocenters. The largest absolute Gasteiger partial charge is 0.207 e. The van der Waals surface area contributed by atoms with Crippen LogP contribution in [-0.4, -0.2) is 0 Å². The molecule has 0 N–H and O–H groups in total. The Morgan fingerprint density at radius 1 is 0.875 bits per heavy atom. The summed E-state index contributed by atoms with van der Waals surface area (Å²) in [7, 11) is 0. The summed E-state index contributed by atoms with van der Waals surface area (Å²) in [5.74, 6) is 5.72. The van der Waals surface area contributed by atoms with Crippen molar-refractivity contribution < 1.29 is 4.39 Å². The van der Waals surface area contributed by atoms with Gasteiger partial charge in [-0.2, -0.15) is 0 Å². The van der Waals surface area contributed by atoms with Crippen LogP contribution in [0.1, 0.15) is 16.7 Å². The van der Waals surface area contributed by atoms with E-state index < -0.39 is 0 Å². The first kappa shape index (κ1) is 10.4. The summed E-state index contributed by atoms with van der Waals surface area (Å²) in [6.45, 7) is 1.74. The van der Waals surface area contributed by atoms with Gasteiger partial charge in [-0.3, -0.25) is 0 Å². The normalized spacial score (nSPS) is 9.38. The van der Waals surface area contributed by atoms with E-state index in [0.29, 0.717) is 11.1 Å². The molecular weight excluding hydrogens is 199 g/mol. The highest BCUT2D eigenvalue weighted by Gasteiger charge is 1.96. The molecule has 1 heteroatoms. The van der Waals surface area contributed by atoms with Gasteiger partial charge in [-0.25, -0.2) is 4.39 Å². The molecule has 0 saturated carbocycles. The predicted octanol–water partition coefficient (Wildman–Crippen LogP) is 3.53. The Labute approximate surface area is 94.7 Å². The number of halogens is 1. The number of rotatable bonds is 0. The SMILES string of the molecule is Cc1ccc(C#Cc2ccccc2)cc1F. The lowest BCUT2D eigenvalue weighted by atomic mass is 10.1. The fraction of sp³-hybridized carbons (Fsp3) is 0.0667. The molecule has 0 amide bonds. The highest BCUT2D eigenvalue weighted by molar-refractivity contribution is 5.43. The monoisotopic (exact) mass is 210 g/mol. The Hall–Kier alpha value is -2.07. The highest BCUT2D eigenvalue weighted by Crippen LogP contribution is 2.08. The lowest BCUT2D eigenvalue weighted by Gasteiger charge is -1.95. The molecule has 0 spiro atoms. The molecule has 0 aliphatic rings. The first-order valence-electron chi connectivity index (χ1n) is 5.09. The van der Waals surface area contributed by atoms with Crippen molar-refractivity contribution >= 4 is 0 Å². The van der Waals surface area contributed by atoms with Crippen LogP contribution in [0.15, 0.2) is 48.5 Å². The van der Waals surface area contributed by atoms with Crippen LogP contribution < -0.4 is 0 Å². The maximum absolute atomic E-state index is 13.2. The van der Waals surface area contributed by atoms with Gasteiger partial charge < -0.3 is 0 Å². The lowest BCUT2D eigenvalue weighted by molar-refractivity contribution is 0.618. The number of hydrogen-bond donors (Lipinski definition) is 0. The maximum Gasteiger partial charge on any atom is 0.127 e. The van der Waals surface area contributed by atoms with E-state index in [1.807, 2.05) is 36.4 Å². The molecule has 2 rings (SSSR count). The van der Waals surface area contributed by atoms with Crippen molar-refractivity contribution in [1.82, 2.24) is 0 Å². The minimum absolute atomic E-state index is 0.208. The van der Waals surface area contributed by atoms with Crippen LogP contribution in [0.2, 0.25) is 0 Å². The van der Waals surface area contributed by atoms with Gasteiger partial charge in [-0.15, -0.1) is 0 Å². The summed E-state index contributed by atoms with van der Waals surface area (Å²) in [6, 6.07) is 14.7. The second-order valence-electron chi connectivity index (χ2n) is 3.58. The second kappa shape index (κ2) is 4.63. The minimum atomic E-state index is -0.208. The molecule has 16 heavy (non-hydrogen) atoms. The summed E-state index contributed by atoms with van der Waals surface area (Å²) >= 11 is 0. The molecular formula is C15H11F. The van der Waals surface area contributed by atoms with Crippen molar-refractivity contribution in [3.63, 3.8) is 0 Å². The Balaban J connectivity index is 2.28. The molecule has 78 valence electrons. The molecule has 0 unspecified atom stereocenters. The van der Waals surface area contributed by atoms with Gasteiger partial charge in [0.25, 0.3) is 0 Å². The molecule has 0 radical (unpaired) electrons. The van der Waals surface area contributed by atoms with Crippen LogP contribution in [0, 0.1) is 24.6 Å². The van der Waals surface area contributed by atoms with Crippen molar-refractivity contribution in [3.05, 3.63) is 71.0 Å². The third kappa shape index (κ3) is 2.49. The Bertz CT molecular complexity index is 545. The zero-order chi connectivity index (χ0) is 11.4. The van der Waals surface area contributed by atoms with E-state index >= 15 is 0 Å². The molecule has 0 heterocycles. The van der Waals surface area contributed by atoms with E-state index in [9.17, 15) is 4.39 Å². The van der Waals surface area contributed by atoms with Crippen LogP contribution >= 0.6 is 0 Å². The van der Waals surface area contributed by atoms with Crippen molar-refractivity contribution in [1.29, 1.82) is 0 Å². The van der Waals surface area contributed by atoms with Crippen molar-refractivity contribution in [2.75, 3.05) is 0 Å². The molecule has 0 aromatic heterocycles. The van der Waals surface area contributed by atoms with Gasteiger partial charge in [-0.05, 0) is 36.8 Å². The molecule has 0 bridgehead atoms. The molecule has 0 aliphatic heterocycles. The van der Waals surface area contributed by atoms with Crippen LogP contribution in [0.3, 0.4) is 0 Å². The van der Waals surface area contributed by atoms with Gasteiger partial charge in [-0.1, -0.05) is 36.1 Å². The third-order valence-corrected chi connectivity index (χ3v) is 2.30. The topological polar surface area (TPSA) is 0 Å².